The summed E-state index contributed by atoms with van der Waals surface area (Å²) in [6.07, 6.45) is 0. The molecule has 0 amide bonds. The van der Waals surface area contributed by atoms with Crippen LogP contribution in [0.25, 0.3) is 0 Å². The van der Waals surface area contributed by atoms with Crippen LogP contribution in [0.2, 0.25) is 5.02 Å². The highest BCUT2D eigenvalue weighted by atomic mass is 35.5. The van der Waals surface area contributed by atoms with Gasteiger partial charge in [-0.05, 0) is 30.3 Å². The molecule has 0 aliphatic heterocycles. The zero-order valence-electron chi connectivity index (χ0n) is 10.2. The average Bonchev–Trinajstić information content (AvgIpc) is 2.42. The molecule has 0 saturated carbocycles. The number of rotatable bonds is 3. The highest BCUT2D eigenvalue weighted by molar-refractivity contribution is 7.92. The third-order valence-corrected chi connectivity index (χ3v) is 4.21. The second-order valence-corrected chi connectivity index (χ2v) is 6.03. The van der Waals surface area contributed by atoms with E-state index in [4.69, 9.17) is 22.6 Å². The Morgan fingerprint density at radius 2 is 1.90 bits per heavy atom. The zero-order valence-corrected chi connectivity index (χ0v) is 11.7. The summed E-state index contributed by atoms with van der Waals surface area (Å²) >= 11 is 5.75. The molecule has 0 radical (unpaired) electrons. The van der Waals surface area contributed by atoms with Gasteiger partial charge < -0.3 is 5.73 Å². The number of halogens is 1. The van der Waals surface area contributed by atoms with Crippen LogP contribution in [0.5, 0.6) is 0 Å². The van der Waals surface area contributed by atoms with E-state index in [0.717, 1.165) is 0 Å². The number of nitrogens with zero attached hydrogens (tertiary/aromatic N) is 1. The molecule has 102 valence electrons. The highest BCUT2D eigenvalue weighted by Gasteiger charge is 2.19. The smallest absolute Gasteiger partial charge is 0.263 e. The molecule has 2 aromatic carbocycles. The number of anilines is 2. The second kappa shape index (κ2) is 5.41. The maximum Gasteiger partial charge on any atom is 0.263 e. The van der Waals surface area contributed by atoms with Crippen LogP contribution in [-0.2, 0) is 10.0 Å². The van der Waals surface area contributed by atoms with Gasteiger partial charge in [-0.3, -0.25) is 4.72 Å². The van der Waals surface area contributed by atoms with E-state index in [1.807, 2.05) is 6.07 Å². The Morgan fingerprint density at radius 3 is 2.55 bits per heavy atom. The first-order valence-corrected chi connectivity index (χ1v) is 7.37. The summed E-state index contributed by atoms with van der Waals surface area (Å²) in [7, 11) is -3.89. The molecule has 0 fully saturated rings. The van der Waals surface area contributed by atoms with Gasteiger partial charge in [0.25, 0.3) is 10.0 Å². The lowest BCUT2D eigenvalue weighted by molar-refractivity contribution is 0.601. The van der Waals surface area contributed by atoms with Crippen LogP contribution in [0.3, 0.4) is 0 Å². The van der Waals surface area contributed by atoms with Crippen LogP contribution in [0.15, 0.2) is 47.4 Å². The van der Waals surface area contributed by atoms with Gasteiger partial charge in [0.15, 0.2) is 0 Å². The number of nitrogen functional groups attached to an aromatic ring is 1. The molecule has 0 heterocycles. The van der Waals surface area contributed by atoms with Crippen molar-refractivity contribution >= 4 is 33.0 Å². The van der Waals surface area contributed by atoms with Crippen molar-refractivity contribution in [1.29, 1.82) is 5.26 Å². The van der Waals surface area contributed by atoms with Gasteiger partial charge in [-0.25, -0.2) is 8.42 Å². The van der Waals surface area contributed by atoms with Crippen molar-refractivity contribution in [3.63, 3.8) is 0 Å². The molecule has 5 nitrogen and oxygen atoms in total. The fraction of sp³-hybridized carbons (Fsp3) is 0. The van der Waals surface area contributed by atoms with Crippen LogP contribution in [0.4, 0.5) is 11.4 Å². The van der Waals surface area contributed by atoms with Crippen molar-refractivity contribution < 1.29 is 8.42 Å². The quantitative estimate of drug-likeness (QED) is 0.852. The molecule has 0 unspecified atom stereocenters. The van der Waals surface area contributed by atoms with Gasteiger partial charge in [0.1, 0.15) is 11.0 Å². The average molecular weight is 308 g/mol. The highest BCUT2D eigenvalue weighted by Crippen LogP contribution is 2.26. The predicted octanol–water partition coefficient (Wildman–Crippen LogP) is 2.59. The third-order valence-electron chi connectivity index (χ3n) is 2.55. The first-order chi connectivity index (χ1) is 9.44. The predicted molar refractivity (Wildman–Crippen MR) is 77.8 cm³/mol. The normalized spacial score (nSPS) is 10.8. The molecule has 7 heteroatoms. The molecule has 0 saturated heterocycles. The van der Waals surface area contributed by atoms with E-state index in [1.54, 1.807) is 12.1 Å². The topological polar surface area (TPSA) is 96.0 Å². The molecule has 0 atom stereocenters. The van der Waals surface area contributed by atoms with Gasteiger partial charge in [-0.2, -0.15) is 5.26 Å². The summed E-state index contributed by atoms with van der Waals surface area (Å²) in [6, 6.07) is 12.2. The summed E-state index contributed by atoms with van der Waals surface area (Å²) in [5, 5.41) is 9.36. The monoisotopic (exact) mass is 307 g/mol. The number of sulfonamides is 1. The Morgan fingerprint density at radius 1 is 1.20 bits per heavy atom. The third kappa shape index (κ3) is 2.85. The fourth-order valence-electron chi connectivity index (χ4n) is 1.62. The van der Waals surface area contributed by atoms with Gasteiger partial charge in [0.2, 0.25) is 0 Å². The lowest BCUT2D eigenvalue weighted by Gasteiger charge is -2.11. The summed E-state index contributed by atoms with van der Waals surface area (Å²) in [4.78, 5) is -0.100. The van der Waals surface area contributed by atoms with E-state index in [2.05, 4.69) is 4.72 Å². The minimum Gasteiger partial charge on any atom is -0.397 e. The number of nitrogens with two attached hydrogens (primary N) is 1. The van der Waals surface area contributed by atoms with Crippen LogP contribution in [-0.4, -0.2) is 8.42 Å². The molecule has 0 aliphatic rings. The van der Waals surface area contributed by atoms with Crippen LogP contribution in [0, 0.1) is 11.3 Å². The minimum absolute atomic E-state index is 0.0625. The van der Waals surface area contributed by atoms with E-state index in [0.29, 0.717) is 5.02 Å². The second-order valence-electron chi connectivity index (χ2n) is 3.95. The van der Waals surface area contributed by atoms with Crippen molar-refractivity contribution in [2.75, 3.05) is 10.5 Å². The standard InChI is InChI=1S/C13H10ClN3O2S/c14-10-5-6-12(11(16)7-10)17-20(18,19)13-4-2-1-3-9(13)8-15/h1-7,17H,16H2. The summed E-state index contributed by atoms with van der Waals surface area (Å²) < 4.78 is 26.9. The van der Waals surface area contributed by atoms with Gasteiger partial charge in [0.05, 0.1) is 16.9 Å². The number of hydrogen-bond acceptors (Lipinski definition) is 4. The van der Waals surface area contributed by atoms with E-state index >= 15 is 0 Å². The Hall–Kier alpha value is -2.23. The lowest BCUT2D eigenvalue weighted by Crippen LogP contribution is -2.15. The van der Waals surface area contributed by atoms with Crippen molar-refractivity contribution in [3.8, 4) is 6.07 Å². The first kappa shape index (κ1) is 14.2. The van der Waals surface area contributed by atoms with Crippen molar-refractivity contribution in [3.05, 3.63) is 53.1 Å². The summed E-state index contributed by atoms with van der Waals surface area (Å²) in [5.74, 6) is 0. The van der Waals surface area contributed by atoms with E-state index in [-0.39, 0.29) is 21.8 Å². The Labute approximate surface area is 121 Å². The Balaban J connectivity index is 2.44. The summed E-state index contributed by atoms with van der Waals surface area (Å²) in [6.45, 7) is 0. The zero-order chi connectivity index (χ0) is 14.8. The Bertz CT molecular complexity index is 798. The fourth-order valence-corrected chi connectivity index (χ4v) is 3.05. The van der Waals surface area contributed by atoms with Crippen LogP contribution >= 0.6 is 11.6 Å². The minimum atomic E-state index is -3.89. The molecule has 2 aromatic rings. The van der Waals surface area contributed by atoms with E-state index in [1.165, 1.54) is 30.3 Å². The SMILES string of the molecule is N#Cc1ccccc1S(=O)(=O)Nc1ccc(Cl)cc1N. The molecule has 0 bridgehead atoms. The number of nitrogens with one attached hydrogen (secondary N) is 1. The molecular formula is C13H10ClN3O2S. The maximum atomic E-state index is 12.3. The van der Waals surface area contributed by atoms with Gasteiger partial charge in [-0.15, -0.1) is 0 Å². The number of nitriles is 1. The van der Waals surface area contributed by atoms with E-state index < -0.39 is 10.0 Å². The van der Waals surface area contributed by atoms with Gasteiger partial charge >= 0.3 is 0 Å². The molecule has 0 aliphatic carbocycles. The van der Waals surface area contributed by atoms with Crippen LogP contribution in [0.1, 0.15) is 5.56 Å². The molecular weight excluding hydrogens is 298 g/mol. The lowest BCUT2D eigenvalue weighted by atomic mass is 10.2. The molecule has 2 rings (SSSR count). The number of hydrogen-bond donors (Lipinski definition) is 2. The maximum absolute atomic E-state index is 12.3. The van der Waals surface area contributed by atoms with Crippen molar-refractivity contribution in [2.45, 2.75) is 4.90 Å². The van der Waals surface area contributed by atoms with E-state index in [9.17, 15) is 8.42 Å². The molecule has 3 N–H and O–H groups in total. The van der Waals surface area contributed by atoms with Gasteiger partial charge in [0, 0.05) is 5.02 Å². The van der Waals surface area contributed by atoms with Gasteiger partial charge in [-0.1, -0.05) is 23.7 Å². The largest absolute Gasteiger partial charge is 0.397 e. The molecule has 0 aromatic heterocycles. The molecule has 20 heavy (non-hydrogen) atoms. The molecule has 0 spiro atoms. The van der Waals surface area contributed by atoms with Crippen molar-refractivity contribution in [2.24, 2.45) is 0 Å². The Kier molecular flexibility index (Phi) is 3.84. The summed E-state index contributed by atoms with van der Waals surface area (Å²) in [5.41, 5.74) is 6.18. The first-order valence-electron chi connectivity index (χ1n) is 5.51. The van der Waals surface area contributed by atoms with Crippen LogP contribution < -0.4 is 10.5 Å². The number of benzene rings is 2. The van der Waals surface area contributed by atoms with Crippen molar-refractivity contribution in [1.82, 2.24) is 0 Å².